The quantitative estimate of drug-likeness (QED) is 0.383. The zero-order chi connectivity index (χ0) is 21.3. The molecule has 6 nitrogen and oxygen atoms in total. The molecule has 0 saturated carbocycles. The van der Waals surface area contributed by atoms with Crippen LogP contribution in [0.3, 0.4) is 0 Å². The number of nitrogens with zero attached hydrogens (tertiary/aromatic N) is 2. The van der Waals surface area contributed by atoms with E-state index in [-0.39, 0.29) is 11.5 Å². The molecule has 0 atom stereocenters. The molecule has 1 aromatic heterocycles. The second-order valence-electron chi connectivity index (χ2n) is 7.35. The molecule has 3 aromatic rings. The number of likely N-dealkylation sites (N-methyl/N-ethyl adjacent to an activating group) is 1. The lowest BCUT2D eigenvalue weighted by molar-refractivity contribution is -0.121. The largest absolute Gasteiger partial charge is 0.373 e. The van der Waals surface area contributed by atoms with E-state index in [0.29, 0.717) is 29.7 Å². The van der Waals surface area contributed by atoms with Gasteiger partial charge in [-0.2, -0.15) is 0 Å². The predicted octanol–water partition coefficient (Wildman–Crippen LogP) is 3.87. The second kappa shape index (κ2) is 10.7. The number of hydrogen-bond acceptors (Lipinski definition) is 4. The van der Waals surface area contributed by atoms with Crippen molar-refractivity contribution in [1.82, 2.24) is 14.9 Å². The molecule has 1 amide bonds. The molecule has 7 heteroatoms. The minimum Gasteiger partial charge on any atom is -0.373 e. The molecular formula is C23H28N4O2S. The number of hydrogen-bond donors (Lipinski definition) is 2. The van der Waals surface area contributed by atoms with E-state index in [2.05, 4.69) is 27.3 Å². The van der Waals surface area contributed by atoms with Crippen molar-refractivity contribution in [2.24, 2.45) is 0 Å². The Bertz CT molecular complexity index is 1090. The minimum absolute atomic E-state index is 0.0605. The fourth-order valence-corrected chi connectivity index (χ4v) is 3.68. The van der Waals surface area contributed by atoms with Crippen molar-refractivity contribution in [3.05, 3.63) is 69.7 Å². The van der Waals surface area contributed by atoms with Crippen molar-refractivity contribution in [3.63, 3.8) is 0 Å². The van der Waals surface area contributed by atoms with Gasteiger partial charge in [0, 0.05) is 38.8 Å². The zero-order valence-corrected chi connectivity index (χ0v) is 18.1. The first kappa shape index (κ1) is 21.8. The van der Waals surface area contributed by atoms with Crippen LogP contribution in [0, 0.1) is 4.77 Å². The topological polar surface area (TPSA) is 70.1 Å². The average Bonchev–Trinajstić information content (AvgIpc) is 2.76. The second-order valence-corrected chi connectivity index (χ2v) is 7.74. The standard InChI is InChI=1S/C23H28N4O2S/c1-26(18-10-4-2-5-11-18)17-15-24-21(28)14-6-3-9-16-27-22(29)19-12-7-8-13-20(19)25-23(27)30/h2,4-5,7-8,10-13H,3,6,9,14-17H2,1H3,(H,24,28)(H,25,30). The first-order valence-electron chi connectivity index (χ1n) is 10.3. The van der Waals surface area contributed by atoms with Gasteiger partial charge in [0.15, 0.2) is 4.77 Å². The van der Waals surface area contributed by atoms with Crippen molar-refractivity contribution in [2.75, 3.05) is 25.0 Å². The highest BCUT2D eigenvalue weighted by Gasteiger charge is 2.06. The molecule has 2 aromatic carbocycles. The molecule has 0 saturated heterocycles. The summed E-state index contributed by atoms with van der Waals surface area (Å²) in [5, 5.41) is 3.62. The number of amides is 1. The van der Waals surface area contributed by atoms with Crippen LogP contribution in [-0.4, -0.2) is 35.6 Å². The molecule has 0 radical (unpaired) electrons. The number of aromatic nitrogens is 2. The summed E-state index contributed by atoms with van der Waals surface area (Å²) in [5.41, 5.74) is 1.84. The summed E-state index contributed by atoms with van der Waals surface area (Å²) in [6, 6.07) is 17.5. The Hall–Kier alpha value is -2.93. The maximum Gasteiger partial charge on any atom is 0.262 e. The first-order chi connectivity index (χ1) is 14.6. The van der Waals surface area contributed by atoms with Crippen molar-refractivity contribution >= 4 is 34.7 Å². The van der Waals surface area contributed by atoms with E-state index in [9.17, 15) is 9.59 Å². The molecule has 0 aliphatic carbocycles. The molecule has 0 fully saturated rings. The van der Waals surface area contributed by atoms with Crippen LogP contribution in [0.2, 0.25) is 0 Å². The lowest BCUT2D eigenvalue weighted by Gasteiger charge is -2.19. The average molecular weight is 425 g/mol. The Labute approximate surface area is 181 Å². The zero-order valence-electron chi connectivity index (χ0n) is 17.3. The highest BCUT2D eigenvalue weighted by atomic mass is 32.1. The van der Waals surface area contributed by atoms with Gasteiger partial charge >= 0.3 is 0 Å². The fraction of sp³-hybridized carbons (Fsp3) is 0.348. The van der Waals surface area contributed by atoms with Gasteiger partial charge < -0.3 is 15.2 Å². The van der Waals surface area contributed by atoms with Crippen LogP contribution >= 0.6 is 12.2 Å². The molecule has 0 aliphatic heterocycles. The summed E-state index contributed by atoms with van der Waals surface area (Å²) in [5.74, 6) is 0.0663. The van der Waals surface area contributed by atoms with Gasteiger partial charge in [-0.15, -0.1) is 0 Å². The fourth-order valence-electron chi connectivity index (χ4n) is 3.40. The number of carbonyl (C=O) groups excluding carboxylic acids is 1. The van der Waals surface area contributed by atoms with Crippen molar-refractivity contribution in [2.45, 2.75) is 32.2 Å². The Morgan fingerprint density at radius 3 is 2.60 bits per heavy atom. The summed E-state index contributed by atoms with van der Waals surface area (Å²) in [7, 11) is 2.01. The number of aromatic amines is 1. The predicted molar refractivity (Wildman–Crippen MR) is 125 cm³/mol. The molecule has 0 spiro atoms. The van der Waals surface area contributed by atoms with Gasteiger partial charge in [0.1, 0.15) is 0 Å². The number of H-pyrrole nitrogens is 1. The van der Waals surface area contributed by atoms with Crippen LogP contribution in [-0.2, 0) is 11.3 Å². The van der Waals surface area contributed by atoms with Crippen LogP contribution in [0.1, 0.15) is 25.7 Å². The van der Waals surface area contributed by atoms with E-state index >= 15 is 0 Å². The van der Waals surface area contributed by atoms with E-state index in [1.807, 2.05) is 43.4 Å². The SMILES string of the molecule is CN(CCNC(=O)CCCCCn1c(=S)[nH]c2ccccc2c1=O)c1ccccc1. The van der Waals surface area contributed by atoms with Gasteiger partial charge in [0.25, 0.3) is 5.56 Å². The third-order valence-corrected chi connectivity index (χ3v) is 5.46. The Kier molecular flexibility index (Phi) is 7.79. The summed E-state index contributed by atoms with van der Waals surface area (Å²) in [6.07, 6.45) is 2.96. The molecule has 158 valence electrons. The van der Waals surface area contributed by atoms with Crippen molar-refractivity contribution in [3.8, 4) is 0 Å². The van der Waals surface area contributed by atoms with Crippen molar-refractivity contribution < 1.29 is 4.79 Å². The number of anilines is 1. The van der Waals surface area contributed by atoms with E-state index in [1.165, 1.54) is 0 Å². The monoisotopic (exact) mass is 424 g/mol. The summed E-state index contributed by atoms with van der Waals surface area (Å²) >= 11 is 5.33. The van der Waals surface area contributed by atoms with Crippen LogP contribution in [0.25, 0.3) is 10.9 Å². The molecule has 0 bridgehead atoms. The summed E-state index contributed by atoms with van der Waals surface area (Å²) in [6.45, 7) is 1.94. The molecule has 3 rings (SSSR count). The highest BCUT2D eigenvalue weighted by molar-refractivity contribution is 7.71. The van der Waals surface area contributed by atoms with Crippen molar-refractivity contribution in [1.29, 1.82) is 0 Å². The smallest absolute Gasteiger partial charge is 0.262 e. The van der Waals surface area contributed by atoms with Crippen LogP contribution in [0.15, 0.2) is 59.4 Å². The lowest BCUT2D eigenvalue weighted by atomic mass is 10.2. The number of para-hydroxylation sites is 2. The maximum absolute atomic E-state index is 12.6. The van der Waals surface area contributed by atoms with E-state index < -0.39 is 0 Å². The van der Waals surface area contributed by atoms with Gasteiger partial charge in [-0.3, -0.25) is 14.2 Å². The number of unbranched alkanes of at least 4 members (excludes halogenated alkanes) is 2. The van der Waals surface area contributed by atoms with Gasteiger partial charge in [0.05, 0.1) is 10.9 Å². The Morgan fingerprint density at radius 1 is 1.07 bits per heavy atom. The van der Waals surface area contributed by atoms with Gasteiger partial charge in [-0.25, -0.2) is 0 Å². The third kappa shape index (κ3) is 5.79. The third-order valence-electron chi connectivity index (χ3n) is 5.14. The van der Waals surface area contributed by atoms with Crippen LogP contribution in [0.4, 0.5) is 5.69 Å². The molecule has 0 aliphatic rings. The molecule has 2 N–H and O–H groups in total. The Morgan fingerprint density at radius 2 is 1.80 bits per heavy atom. The first-order valence-corrected chi connectivity index (χ1v) is 10.7. The number of fused-ring (bicyclic) bond motifs is 1. The summed E-state index contributed by atoms with van der Waals surface area (Å²) in [4.78, 5) is 29.9. The molecule has 0 unspecified atom stereocenters. The number of nitrogens with one attached hydrogen (secondary N) is 2. The molecular weight excluding hydrogens is 396 g/mol. The van der Waals surface area contributed by atoms with E-state index in [1.54, 1.807) is 10.6 Å². The minimum atomic E-state index is -0.0605. The number of rotatable bonds is 10. The van der Waals surface area contributed by atoms with Crippen LogP contribution < -0.4 is 15.8 Å². The van der Waals surface area contributed by atoms with E-state index in [0.717, 1.165) is 37.0 Å². The highest BCUT2D eigenvalue weighted by Crippen LogP contribution is 2.10. The van der Waals surface area contributed by atoms with Crippen LogP contribution in [0.5, 0.6) is 0 Å². The number of benzene rings is 2. The van der Waals surface area contributed by atoms with E-state index in [4.69, 9.17) is 12.2 Å². The molecule has 1 heterocycles. The number of carbonyl (C=O) groups is 1. The summed E-state index contributed by atoms with van der Waals surface area (Å²) < 4.78 is 2.05. The van der Waals surface area contributed by atoms with Gasteiger partial charge in [0.2, 0.25) is 5.91 Å². The Balaban J connectivity index is 1.36. The normalized spacial score (nSPS) is 10.8. The molecule has 30 heavy (non-hydrogen) atoms. The maximum atomic E-state index is 12.6. The van der Waals surface area contributed by atoms with Gasteiger partial charge in [-0.05, 0) is 49.3 Å². The van der Waals surface area contributed by atoms with Gasteiger partial charge in [-0.1, -0.05) is 36.8 Å². The lowest BCUT2D eigenvalue weighted by Crippen LogP contribution is -2.32.